The molecule has 176 valence electrons. The van der Waals surface area contributed by atoms with Crippen LogP contribution in [0.3, 0.4) is 0 Å². The van der Waals surface area contributed by atoms with Crippen LogP contribution in [-0.2, 0) is 17.1 Å². The van der Waals surface area contributed by atoms with Crippen LogP contribution >= 0.6 is 0 Å². The van der Waals surface area contributed by atoms with Gasteiger partial charge in [0.25, 0.3) is 0 Å². The van der Waals surface area contributed by atoms with Crippen molar-refractivity contribution in [2.75, 3.05) is 0 Å². The minimum absolute atomic E-state index is 0.566. The molecular weight excluding hydrogens is 469 g/mol. The molecule has 0 unspecified atom stereocenters. The average molecular weight is 513 g/mol. The van der Waals surface area contributed by atoms with E-state index in [1.807, 2.05) is 0 Å². The van der Waals surface area contributed by atoms with Gasteiger partial charge in [-0.2, -0.15) is 0 Å². The highest BCUT2D eigenvalue weighted by atomic mass is 28.5. The fraction of sp³-hybridized carbons (Fsp3) is 0.818. The lowest BCUT2D eigenvalue weighted by Gasteiger charge is -2.38. The molecule has 0 amide bonds. The van der Waals surface area contributed by atoms with Crippen molar-refractivity contribution in [2.24, 2.45) is 0 Å². The average Bonchev–Trinajstić information content (AvgIpc) is 2.68. The summed E-state index contributed by atoms with van der Waals surface area (Å²) in [4.78, 5) is 0. The first-order chi connectivity index (χ1) is 14.6. The van der Waals surface area contributed by atoms with E-state index in [4.69, 9.17) is 17.1 Å². The topological polar surface area (TPSA) is 36.9 Å². The molecule has 2 aliphatic carbocycles. The molecule has 0 heterocycles. The molecule has 0 fully saturated rings. The van der Waals surface area contributed by atoms with Crippen LogP contribution in [0.15, 0.2) is 23.7 Å². The normalized spacial score (nSPS) is 18.4. The third kappa shape index (κ3) is 12.2. The molecule has 31 heavy (non-hydrogen) atoms. The predicted octanol–water partition coefficient (Wildman–Crippen LogP) is 7.16. The molecule has 2 aliphatic rings. The molecule has 4 radical (unpaired) electrons. The van der Waals surface area contributed by atoms with Crippen molar-refractivity contribution in [1.29, 1.82) is 0 Å². The van der Waals surface area contributed by atoms with E-state index in [9.17, 15) is 0 Å². The third-order valence-electron chi connectivity index (χ3n) is 5.61. The SMILES string of the molecule is C[Si](C)(CC[Si]OC1=CCCCC1)O[Si](C)(C)O[Si](C)(C)CC[Si]OC1=CCCCC1. The largest absolute Gasteiger partial charge is 0.544 e. The van der Waals surface area contributed by atoms with Gasteiger partial charge in [-0.25, -0.2) is 0 Å². The monoisotopic (exact) mass is 512 g/mol. The van der Waals surface area contributed by atoms with Crippen LogP contribution in [0.1, 0.15) is 51.4 Å². The van der Waals surface area contributed by atoms with E-state index in [1.54, 1.807) is 0 Å². The first-order valence-electron chi connectivity index (χ1n) is 12.1. The highest BCUT2D eigenvalue weighted by molar-refractivity contribution is 6.88. The van der Waals surface area contributed by atoms with Gasteiger partial charge in [-0.1, -0.05) is 0 Å². The summed E-state index contributed by atoms with van der Waals surface area (Å²) in [6.45, 7) is 13.9. The Bertz CT molecular complexity index is 555. The number of hydrogen-bond donors (Lipinski definition) is 0. The summed E-state index contributed by atoms with van der Waals surface area (Å²) in [5.74, 6) is 2.44. The van der Waals surface area contributed by atoms with E-state index < -0.39 is 25.2 Å². The second-order valence-electron chi connectivity index (χ2n) is 10.4. The smallest absolute Gasteiger partial charge is 0.311 e. The lowest BCUT2D eigenvalue weighted by atomic mass is 10.1. The predicted molar refractivity (Wildman–Crippen MR) is 141 cm³/mol. The standard InChI is InChI=1S/C22H44O4Si5/c1-29(2,19-17-27-23-21-13-9-7-10-14-21)25-31(5,6)26-30(3,4)20-18-28-24-22-15-11-8-12-16-22/h13,15H,7-12,14,16-20H2,1-6H3. The van der Waals surface area contributed by atoms with Crippen molar-refractivity contribution in [3.05, 3.63) is 23.7 Å². The Kier molecular flexibility index (Phi) is 11.5. The van der Waals surface area contributed by atoms with Gasteiger partial charge in [-0.15, -0.1) is 0 Å². The minimum atomic E-state index is -2.13. The molecule has 4 nitrogen and oxygen atoms in total. The van der Waals surface area contributed by atoms with E-state index in [-0.39, 0.29) is 0 Å². The van der Waals surface area contributed by atoms with Crippen LogP contribution in [-0.4, -0.2) is 44.7 Å². The molecule has 0 atom stereocenters. The van der Waals surface area contributed by atoms with Gasteiger partial charge < -0.3 is 17.1 Å². The molecular formula is C22H44O4Si5. The zero-order chi connectivity index (χ0) is 22.8. The summed E-state index contributed by atoms with van der Waals surface area (Å²) in [6, 6.07) is 4.50. The van der Waals surface area contributed by atoms with Crippen molar-refractivity contribution < 1.29 is 17.1 Å². The van der Waals surface area contributed by atoms with Gasteiger partial charge >= 0.3 is 28.1 Å². The second kappa shape index (κ2) is 13.1. The molecule has 2 rings (SSSR count). The highest BCUT2D eigenvalue weighted by Crippen LogP contribution is 2.27. The first-order valence-corrected chi connectivity index (χ1v) is 23.4. The lowest BCUT2D eigenvalue weighted by molar-refractivity contribution is 0.385. The van der Waals surface area contributed by atoms with Crippen molar-refractivity contribution in [2.45, 2.75) is 115 Å². The summed E-state index contributed by atoms with van der Waals surface area (Å²) < 4.78 is 25.5. The van der Waals surface area contributed by atoms with Crippen LogP contribution < -0.4 is 0 Å². The zero-order valence-corrected chi connectivity index (χ0v) is 25.8. The molecule has 0 aliphatic heterocycles. The van der Waals surface area contributed by atoms with Crippen molar-refractivity contribution in [3.63, 3.8) is 0 Å². The highest BCUT2D eigenvalue weighted by Gasteiger charge is 2.39. The number of hydrogen-bond acceptors (Lipinski definition) is 4. The maximum atomic E-state index is 6.74. The van der Waals surface area contributed by atoms with Crippen molar-refractivity contribution in [3.8, 4) is 0 Å². The van der Waals surface area contributed by atoms with Gasteiger partial charge in [0.2, 0.25) is 0 Å². The maximum Gasteiger partial charge on any atom is 0.311 e. The van der Waals surface area contributed by atoms with E-state index in [0.717, 1.165) is 37.0 Å². The fourth-order valence-corrected chi connectivity index (χ4v) is 22.8. The Morgan fingerprint density at radius 2 is 1.10 bits per heavy atom. The maximum absolute atomic E-state index is 6.74. The molecule has 0 saturated heterocycles. The summed E-state index contributed by atoms with van der Waals surface area (Å²) in [6.07, 6.45) is 14.4. The lowest BCUT2D eigenvalue weighted by Crippen LogP contribution is -2.52. The van der Waals surface area contributed by atoms with Gasteiger partial charge in [0.05, 0.1) is 11.5 Å². The molecule has 0 N–H and O–H groups in total. The molecule has 0 aromatic heterocycles. The minimum Gasteiger partial charge on any atom is -0.544 e. The van der Waals surface area contributed by atoms with Gasteiger partial charge in [-0.05, 0) is 114 Å². The van der Waals surface area contributed by atoms with E-state index in [0.29, 0.717) is 19.5 Å². The third-order valence-corrected chi connectivity index (χ3v) is 19.6. The van der Waals surface area contributed by atoms with E-state index in [1.165, 1.54) is 50.0 Å². The molecule has 0 aromatic rings. The number of rotatable bonds is 14. The Balaban J connectivity index is 1.66. The summed E-state index contributed by atoms with van der Waals surface area (Å²) in [5.41, 5.74) is 0. The van der Waals surface area contributed by atoms with E-state index >= 15 is 0 Å². The van der Waals surface area contributed by atoms with Crippen LogP contribution in [0.5, 0.6) is 0 Å². The molecule has 0 spiro atoms. The Hall–Kier alpha value is 0.0844. The zero-order valence-electron chi connectivity index (χ0n) is 20.8. The van der Waals surface area contributed by atoms with Crippen molar-refractivity contribution >= 4 is 44.7 Å². The molecule has 0 bridgehead atoms. The van der Waals surface area contributed by atoms with Crippen LogP contribution in [0.4, 0.5) is 0 Å². The first kappa shape index (κ1) is 27.3. The van der Waals surface area contributed by atoms with Crippen LogP contribution in [0, 0.1) is 0 Å². The van der Waals surface area contributed by atoms with Gasteiger partial charge in [-0.3, -0.25) is 0 Å². The van der Waals surface area contributed by atoms with E-state index in [2.05, 4.69) is 51.4 Å². The van der Waals surface area contributed by atoms with Gasteiger partial charge in [0, 0.05) is 12.8 Å². The Morgan fingerprint density at radius 1 is 0.677 bits per heavy atom. The van der Waals surface area contributed by atoms with Crippen molar-refractivity contribution in [1.82, 2.24) is 0 Å². The van der Waals surface area contributed by atoms with Crippen LogP contribution in [0.25, 0.3) is 0 Å². The fourth-order valence-electron chi connectivity index (χ4n) is 4.25. The summed E-state index contributed by atoms with van der Waals surface area (Å²) in [7, 11) is -4.50. The summed E-state index contributed by atoms with van der Waals surface area (Å²) in [5, 5.41) is 0. The van der Waals surface area contributed by atoms with Gasteiger partial charge in [0.1, 0.15) is 0 Å². The summed E-state index contributed by atoms with van der Waals surface area (Å²) >= 11 is 0. The Labute approximate surface area is 199 Å². The molecule has 0 saturated carbocycles. The van der Waals surface area contributed by atoms with Crippen LogP contribution in [0.2, 0.25) is 63.5 Å². The Morgan fingerprint density at radius 3 is 1.45 bits per heavy atom. The molecule has 9 heteroatoms. The molecule has 0 aromatic carbocycles. The quantitative estimate of drug-likeness (QED) is 0.183. The second-order valence-corrected chi connectivity index (χ2v) is 24.9. The van der Waals surface area contributed by atoms with Gasteiger partial charge in [0.15, 0.2) is 16.6 Å². The number of allylic oxidation sites excluding steroid dienone is 4.